The highest BCUT2D eigenvalue weighted by atomic mass is 35.5. The Morgan fingerprint density at radius 2 is 1.74 bits per heavy atom. The van der Waals surface area contributed by atoms with Gasteiger partial charge in [-0.1, -0.05) is 47.5 Å². The van der Waals surface area contributed by atoms with E-state index in [0.717, 1.165) is 4.68 Å². The highest BCUT2D eigenvalue weighted by molar-refractivity contribution is 7.91. The van der Waals surface area contributed by atoms with Gasteiger partial charge >= 0.3 is 6.03 Å². The van der Waals surface area contributed by atoms with Crippen LogP contribution in [0.15, 0.2) is 81.6 Å². The number of sulfone groups is 1. The summed E-state index contributed by atoms with van der Waals surface area (Å²) in [4.78, 5) is 29.4. The predicted molar refractivity (Wildman–Crippen MR) is 145 cm³/mol. The van der Waals surface area contributed by atoms with Crippen LogP contribution in [0.25, 0.3) is 11.3 Å². The zero-order valence-electron chi connectivity index (χ0n) is 20.1. The van der Waals surface area contributed by atoms with E-state index in [1.165, 1.54) is 43.8 Å². The highest BCUT2D eigenvalue weighted by Crippen LogP contribution is 2.31. The number of hydrogen-bond acceptors (Lipinski definition) is 7. The fourth-order valence-corrected chi connectivity index (χ4v) is 5.50. The molecule has 38 heavy (non-hydrogen) atoms. The number of aromatic nitrogens is 3. The fourth-order valence-electron chi connectivity index (χ4n) is 3.57. The van der Waals surface area contributed by atoms with Crippen LogP contribution in [0.4, 0.5) is 16.2 Å². The molecule has 0 spiro atoms. The summed E-state index contributed by atoms with van der Waals surface area (Å²) in [6.45, 7) is 1.91. The Balaban J connectivity index is 1.71. The molecule has 2 N–H and O–H groups in total. The first-order valence-corrected chi connectivity index (χ1v) is 13.4. The minimum absolute atomic E-state index is 0.00442. The van der Waals surface area contributed by atoms with Crippen molar-refractivity contribution in [2.45, 2.75) is 23.3 Å². The van der Waals surface area contributed by atoms with Gasteiger partial charge < -0.3 is 15.4 Å². The molecule has 2 aromatic heterocycles. The molecule has 4 aromatic rings. The molecule has 0 saturated carbocycles. The number of carbonyl (C=O) groups is 1. The van der Waals surface area contributed by atoms with E-state index in [9.17, 15) is 18.0 Å². The number of pyridine rings is 1. The number of nitrogens with one attached hydrogen (secondary N) is 2. The van der Waals surface area contributed by atoms with Gasteiger partial charge in [-0.05, 0) is 37.3 Å². The van der Waals surface area contributed by atoms with Crippen LogP contribution in [0.1, 0.15) is 6.92 Å². The van der Waals surface area contributed by atoms with E-state index < -0.39 is 21.4 Å². The molecule has 0 aliphatic rings. The highest BCUT2D eigenvalue weighted by Gasteiger charge is 2.23. The lowest BCUT2D eigenvalue weighted by molar-refractivity contribution is 0.262. The standard InChI is InChI=1S/C25H21Cl2N5O5S/c1-3-32-24(33)20(29-25(34)30-23-17(26)13-28-14-18(23)27)12-19(31-32)15-7-6-8-16(11-15)38(35,36)22-10-5-4-9-21(22)37-2/h4-14H,3H2,1-2H3,(H2,28,29,30,34). The van der Waals surface area contributed by atoms with Crippen molar-refractivity contribution in [3.63, 3.8) is 0 Å². The zero-order chi connectivity index (χ0) is 27.4. The normalized spacial score (nSPS) is 11.2. The van der Waals surface area contributed by atoms with E-state index in [2.05, 4.69) is 20.7 Å². The number of methoxy groups -OCH3 is 1. The van der Waals surface area contributed by atoms with Gasteiger partial charge in [0, 0.05) is 24.5 Å². The van der Waals surface area contributed by atoms with Gasteiger partial charge in [-0.25, -0.2) is 17.9 Å². The topological polar surface area (TPSA) is 132 Å². The van der Waals surface area contributed by atoms with Crippen LogP contribution >= 0.6 is 23.2 Å². The second-order valence-corrected chi connectivity index (χ2v) is 10.5. The summed E-state index contributed by atoms with van der Waals surface area (Å²) in [5, 5.41) is 9.54. The Labute approximate surface area is 228 Å². The Morgan fingerprint density at radius 3 is 2.42 bits per heavy atom. The molecule has 0 aliphatic heterocycles. The van der Waals surface area contributed by atoms with Crippen LogP contribution in [-0.2, 0) is 16.4 Å². The van der Waals surface area contributed by atoms with Crippen LogP contribution in [0.2, 0.25) is 10.0 Å². The maximum atomic E-state index is 13.4. The molecule has 2 aromatic carbocycles. The lowest BCUT2D eigenvalue weighted by Crippen LogP contribution is -2.29. The Kier molecular flexibility index (Phi) is 8.00. The molecule has 0 unspecified atom stereocenters. The Hall–Kier alpha value is -3.93. The molecule has 0 saturated heterocycles. The molecular formula is C25H21Cl2N5O5S. The zero-order valence-corrected chi connectivity index (χ0v) is 22.4. The number of rotatable bonds is 7. The van der Waals surface area contributed by atoms with Crippen molar-refractivity contribution in [2.75, 3.05) is 17.7 Å². The number of halogens is 2. The van der Waals surface area contributed by atoms with E-state index in [0.29, 0.717) is 5.56 Å². The molecule has 2 amide bonds. The van der Waals surface area contributed by atoms with E-state index in [1.54, 1.807) is 37.3 Å². The number of anilines is 2. The van der Waals surface area contributed by atoms with Gasteiger partial charge in [0.1, 0.15) is 16.3 Å². The van der Waals surface area contributed by atoms with Crippen LogP contribution in [0.3, 0.4) is 0 Å². The summed E-state index contributed by atoms with van der Waals surface area (Å²) in [5.41, 5.74) is 0.149. The third-order valence-corrected chi connectivity index (χ3v) is 7.78. The molecule has 196 valence electrons. The molecule has 0 aliphatic carbocycles. The average Bonchev–Trinajstić information content (AvgIpc) is 2.92. The van der Waals surface area contributed by atoms with Gasteiger partial charge in [-0.15, -0.1) is 0 Å². The molecule has 0 radical (unpaired) electrons. The van der Waals surface area contributed by atoms with Crippen molar-refractivity contribution >= 4 is 50.4 Å². The second-order valence-electron chi connectivity index (χ2n) is 7.80. The van der Waals surface area contributed by atoms with Crippen molar-refractivity contribution in [1.29, 1.82) is 0 Å². The molecule has 13 heteroatoms. The number of aryl methyl sites for hydroxylation is 1. The molecule has 10 nitrogen and oxygen atoms in total. The largest absolute Gasteiger partial charge is 0.495 e. The first-order chi connectivity index (χ1) is 18.1. The van der Waals surface area contributed by atoms with Crippen molar-refractivity contribution in [3.05, 3.63) is 87.4 Å². The van der Waals surface area contributed by atoms with Gasteiger partial charge in [0.25, 0.3) is 5.56 Å². The summed E-state index contributed by atoms with van der Waals surface area (Å²) in [5.74, 6) is 0.211. The van der Waals surface area contributed by atoms with Crippen molar-refractivity contribution in [1.82, 2.24) is 14.8 Å². The number of urea groups is 1. The Bertz CT molecular complexity index is 1670. The van der Waals surface area contributed by atoms with Gasteiger partial charge in [0.2, 0.25) is 9.84 Å². The van der Waals surface area contributed by atoms with E-state index in [1.807, 2.05) is 0 Å². The summed E-state index contributed by atoms with van der Waals surface area (Å²) >= 11 is 12.1. The third-order valence-electron chi connectivity index (χ3n) is 5.41. The van der Waals surface area contributed by atoms with Crippen molar-refractivity contribution < 1.29 is 17.9 Å². The molecule has 4 rings (SSSR count). The molecule has 2 heterocycles. The van der Waals surface area contributed by atoms with Gasteiger partial charge in [0.05, 0.1) is 33.4 Å². The molecule has 0 atom stereocenters. The van der Waals surface area contributed by atoms with E-state index in [-0.39, 0.29) is 49.2 Å². The lowest BCUT2D eigenvalue weighted by Gasteiger charge is -2.13. The number of benzene rings is 2. The summed E-state index contributed by atoms with van der Waals surface area (Å²) in [6, 6.07) is 13.0. The maximum absolute atomic E-state index is 13.4. The monoisotopic (exact) mass is 573 g/mol. The summed E-state index contributed by atoms with van der Waals surface area (Å²) < 4.78 is 33.1. The Morgan fingerprint density at radius 1 is 1.03 bits per heavy atom. The number of carbonyl (C=O) groups excluding carboxylic acids is 1. The lowest BCUT2D eigenvalue weighted by atomic mass is 10.1. The SMILES string of the molecule is CCn1nc(-c2cccc(S(=O)(=O)c3ccccc3OC)c2)cc(NC(=O)Nc2c(Cl)cncc2Cl)c1=O. The van der Waals surface area contributed by atoms with Crippen molar-refractivity contribution in [2.24, 2.45) is 0 Å². The maximum Gasteiger partial charge on any atom is 0.323 e. The van der Waals surface area contributed by atoms with Crippen LogP contribution in [-0.4, -0.2) is 36.3 Å². The minimum atomic E-state index is -3.94. The second kappa shape index (κ2) is 11.2. The smallest absolute Gasteiger partial charge is 0.323 e. The van der Waals surface area contributed by atoms with Crippen molar-refractivity contribution in [3.8, 4) is 17.0 Å². The number of para-hydroxylation sites is 1. The summed E-state index contributed by atoms with van der Waals surface area (Å²) in [6.07, 6.45) is 2.62. The molecule has 0 fully saturated rings. The van der Waals surface area contributed by atoms with E-state index >= 15 is 0 Å². The van der Waals surface area contributed by atoms with Gasteiger partial charge in [-0.2, -0.15) is 5.10 Å². The van der Waals surface area contributed by atoms with Gasteiger partial charge in [-0.3, -0.25) is 9.78 Å². The first kappa shape index (κ1) is 27.1. The first-order valence-electron chi connectivity index (χ1n) is 11.1. The summed E-state index contributed by atoms with van der Waals surface area (Å²) in [7, 11) is -2.55. The van der Waals surface area contributed by atoms with Gasteiger partial charge in [0.15, 0.2) is 0 Å². The number of hydrogen-bond donors (Lipinski definition) is 2. The average molecular weight is 574 g/mol. The molecule has 0 bridgehead atoms. The number of nitrogens with zero attached hydrogens (tertiary/aromatic N) is 3. The predicted octanol–water partition coefficient (Wildman–Crippen LogP) is 5.12. The van der Waals surface area contributed by atoms with Crippen LogP contribution in [0.5, 0.6) is 5.75 Å². The third kappa shape index (κ3) is 5.49. The fraction of sp³-hybridized carbons (Fsp3) is 0.120. The van der Waals surface area contributed by atoms with Crippen LogP contribution in [0, 0.1) is 0 Å². The molecular weight excluding hydrogens is 553 g/mol. The number of ether oxygens (including phenoxy) is 1. The number of amides is 2. The van der Waals surface area contributed by atoms with Crippen LogP contribution < -0.4 is 20.9 Å². The minimum Gasteiger partial charge on any atom is -0.495 e. The quantitative estimate of drug-likeness (QED) is 0.313. The van der Waals surface area contributed by atoms with E-state index in [4.69, 9.17) is 27.9 Å².